The fourth-order valence-electron chi connectivity index (χ4n) is 1.87. The molecular formula is C15H14N2O2S. The summed E-state index contributed by atoms with van der Waals surface area (Å²) < 4.78 is 25.9. The van der Waals surface area contributed by atoms with Crippen molar-refractivity contribution >= 4 is 15.7 Å². The summed E-state index contributed by atoms with van der Waals surface area (Å²) in [6, 6.07) is 17.6. The largest absolute Gasteiger partial charge is 0.272 e. The van der Waals surface area contributed by atoms with E-state index in [4.69, 9.17) is 5.26 Å². The number of nitriles is 1. The first kappa shape index (κ1) is 14.1. The first-order chi connectivity index (χ1) is 9.54. The molecule has 0 saturated heterocycles. The van der Waals surface area contributed by atoms with E-state index in [-0.39, 0.29) is 5.75 Å². The zero-order valence-corrected chi connectivity index (χ0v) is 11.8. The van der Waals surface area contributed by atoms with Gasteiger partial charge in [0.2, 0.25) is 10.0 Å². The lowest BCUT2D eigenvalue weighted by molar-refractivity contribution is 0.593. The van der Waals surface area contributed by atoms with Crippen molar-refractivity contribution in [1.29, 1.82) is 5.26 Å². The van der Waals surface area contributed by atoms with Crippen LogP contribution in [-0.4, -0.2) is 15.5 Å². The van der Waals surface area contributed by atoms with Gasteiger partial charge in [-0.25, -0.2) is 8.42 Å². The number of benzene rings is 2. The minimum Gasteiger partial charge on any atom is -0.272 e. The number of nitrogens with zero attached hydrogens (tertiary/aromatic N) is 2. The van der Waals surface area contributed by atoms with Crippen LogP contribution in [0.4, 0.5) is 5.69 Å². The van der Waals surface area contributed by atoms with E-state index in [1.807, 2.05) is 12.1 Å². The highest BCUT2D eigenvalue weighted by atomic mass is 32.2. The Morgan fingerprint density at radius 1 is 1.05 bits per heavy atom. The second kappa shape index (κ2) is 5.76. The Kier molecular flexibility index (Phi) is 4.06. The normalized spacial score (nSPS) is 10.8. The monoisotopic (exact) mass is 286 g/mol. The van der Waals surface area contributed by atoms with Crippen LogP contribution in [0.25, 0.3) is 0 Å². The standard InChI is InChI=1S/C15H14N2O2S/c1-17(15-10-6-5-9-14(15)11-16)20(18,19)12-13-7-3-2-4-8-13/h2-10H,12H2,1H3. The van der Waals surface area contributed by atoms with Crippen molar-refractivity contribution in [2.45, 2.75) is 5.75 Å². The average molecular weight is 286 g/mol. The maximum Gasteiger partial charge on any atom is 0.239 e. The number of hydrogen-bond donors (Lipinski definition) is 0. The molecule has 0 saturated carbocycles. The second-order valence-corrected chi connectivity index (χ2v) is 6.34. The predicted molar refractivity (Wildman–Crippen MR) is 78.6 cm³/mol. The molecule has 0 bridgehead atoms. The Hall–Kier alpha value is -2.32. The van der Waals surface area contributed by atoms with Crippen LogP contribution < -0.4 is 4.31 Å². The van der Waals surface area contributed by atoms with E-state index in [1.165, 1.54) is 11.4 Å². The molecule has 0 aliphatic rings. The summed E-state index contributed by atoms with van der Waals surface area (Å²) in [5.74, 6) is -0.0932. The van der Waals surface area contributed by atoms with E-state index in [0.717, 1.165) is 0 Å². The number of rotatable bonds is 4. The molecular weight excluding hydrogens is 272 g/mol. The molecule has 0 heterocycles. The Morgan fingerprint density at radius 3 is 2.30 bits per heavy atom. The molecule has 0 atom stereocenters. The third kappa shape index (κ3) is 2.98. The van der Waals surface area contributed by atoms with Crippen LogP contribution in [0.15, 0.2) is 54.6 Å². The number of hydrogen-bond acceptors (Lipinski definition) is 3. The lowest BCUT2D eigenvalue weighted by Gasteiger charge is -2.20. The summed E-state index contributed by atoms with van der Waals surface area (Å²) in [6.45, 7) is 0. The molecule has 20 heavy (non-hydrogen) atoms. The average Bonchev–Trinajstić information content (AvgIpc) is 2.47. The minimum atomic E-state index is -3.52. The molecule has 102 valence electrons. The Morgan fingerprint density at radius 2 is 1.65 bits per heavy atom. The molecule has 0 aromatic heterocycles. The SMILES string of the molecule is CN(c1ccccc1C#N)S(=O)(=O)Cc1ccccc1. The van der Waals surface area contributed by atoms with Gasteiger partial charge in [0.15, 0.2) is 0 Å². The van der Waals surface area contributed by atoms with Crippen molar-refractivity contribution in [2.75, 3.05) is 11.4 Å². The van der Waals surface area contributed by atoms with E-state index >= 15 is 0 Å². The number of para-hydroxylation sites is 1. The maximum atomic E-state index is 12.4. The van der Waals surface area contributed by atoms with Gasteiger partial charge in [-0.15, -0.1) is 0 Å². The van der Waals surface area contributed by atoms with E-state index in [2.05, 4.69) is 0 Å². The van der Waals surface area contributed by atoms with Gasteiger partial charge in [0, 0.05) is 7.05 Å². The van der Waals surface area contributed by atoms with Crippen molar-refractivity contribution in [3.05, 3.63) is 65.7 Å². The molecule has 2 rings (SSSR count). The molecule has 0 spiro atoms. The second-order valence-electron chi connectivity index (χ2n) is 4.34. The highest BCUT2D eigenvalue weighted by molar-refractivity contribution is 7.92. The number of anilines is 1. The quantitative estimate of drug-likeness (QED) is 0.867. The summed E-state index contributed by atoms with van der Waals surface area (Å²) >= 11 is 0. The van der Waals surface area contributed by atoms with Crippen molar-refractivity contribution in [3.8, 4) is 6.07 Å². The van der Waals surface area contributed by atoms with Crippen LogP contribution >= 0.6 is 0 Å². The molecule has 2 aromatic rings. The molecule has 2 aromatic carbocycles. The van der Waals surface area contributed by atoms with Gasteiger partial charge >= 0.3 is 0 Å². The molecule has 0 aliphatic carbocycles. The van der Waals surface area contributed by atoms with Gasteiger partial charge < -0.3 is 0 Å². The highest BCUT2D eigenvalue weighted by Gasteiger charge is 2.21. The van der Waals surface area contributed by atoms with Gasteiger partial charge in [0.05, 0.1) is 17.0 Å². The summed E-state index contributed by atoms with van der Waals surface area (Å²) in [7, 11) is -2.05. The molecule has 0 fully saturated rings. The van der Waals surface area contributed by atoms with E-state index in [0.29, 0.717) is 16.8 Å². The summed E-state index contributed by atoms with van der Waals surface area (Å²) in [5, 5.41) is 9.05. The molecule has 0 radical (unpaired) electrons. The Bertz CT molecular complexity index is 734. The van der Waals surface area contributed by atoms with Gasteiger partial charge in [-0.05, 0) is 17.7 Å². The van der Waals surface area contributed by atoms with Crippen LogP contribution in [0, 0.1) is 11.3 Å². The molecule has 0 unspecified atom stereocenters. The van der Waals surface area contributed by atoms with Crippen LogP contribution in [0.1, 0.15) is 11.1 Å². The lowest BCUT2D eigenvalue weighted by Crippen LogP contribution is -2.28. The fraction of sp³-hybridized carbons (Fsp3) is 0.133. The topological polar surface area (TPSA) is 61.2 Å². The molecule has 0 aliphatic heterocycles. The summed E-state index contributed by atoms with van der Waals surface area (Å²) in [6.07, 6.45) is 0. The fourth-order valence-corrected chi connectivity index (χ4v) is 3.14. The van der Waals surface area contributed by atoms with Gasteiger partial charge in [-0.1, -0.05) is 42.5 Å². The van der Waals surface area contributed by atoms with E-state index in [1.54, 1.807) is 48.5 Å². The van der Waals surface area contributed by atoms with E-state index < -0.39 is 10.0 Å². The third-order valence-corrected chi connectivity index (χ3v) is 4.70. The first-order valence-corrected chi connectivity index (χ1v) is 7.65. The van der Waals surface area contributed by atoms with Crippen molar-refractivity contribution in [2.24, 2.45) is 0 Å². The van der Waals surface area contributed by atoms with Crippen molar-refractivity contribution in [3.63, 3.8) is 0 Å². The smallest absolute Gasteiger partial charge is 0.239 e. The Balaban J connectivity index is 2.33. The van der Waals surface area contributed by atoms with Crippen LogP contribution in [0.2, 0.25) is 0 Å². The van der Waals surface area contributed by atoms with E-state index in [9.17, 15) is 8.42 Å². The Labute approximate surface area is 118 Å². The zero-order chi connectivity index (χ0) is 14.6. The summed E-state index contributed by atoms with van der Waals surface area (Å²) in [5.41, 5.74) is 1.45. The molecule has 0 amide bonds. The van der Waals surface area contributed by atoms with Crippen LogP contribution in [0.3, 0.4) is 0 Å². The zero-order valence-electron chi connectivity index (χ0n) is 11.0. The predicted octanol–water partition coefficient (Wildman–Crippen LogP) is 2.52. The van der Waals surface area contributed by atoms with Gasteiger partial charge in [-0.3, -0.25) is 4.31 Å². The van der Waals surface area contributed by atoms with Crippen LogP contribution in [-0.2, 0) is 15.8 Å². The van der Waals surface area contributed by atoms with Crippen molar-refractivity contribution < 1.29 is 8.42 Å². The molecule has 5 heteroatoms. The first-order valence-electron chi connectivity index (χ1n) is 6.04. The highest BCUT2D eigenvalue weighted by Crippen LogP contribution is 2.22. The third-order valence-electron chi connectivity index (χ3n) is 2.97. The minimum absolute atomic E-state index is 0.0932. The van der Waals surface area contributed by atoms with Crippen molar-refractivity contribution in [1.82, 2.24) is 0 Å². The molecule has 4 nitrogen and oxygen atoms in total. The van der Waals surface area contributed by atoms with Crippen LogP contribution in [0.5, 0.6) is 0 Å². The van der Waals surface area contributed by atoms with Gasteiger partial charge in [0.25, 0.3) is 0 Å². The van der Waals surface area contributed by atoms with Gasteiger partial charge in [-0.2, -0.15) is 5.26 Å². The maximum absolute atomic E-state index is 12.4. The number of sulfonamides is 1. The molecule has 0 N–H and O–H groups in total. The summed E-state index contributed by atoms with van der Waals surface area (Å²) in [4.78, 5) is 0. The van der Waals surface area contributed by atoms with Gasteiger partial charge in [0.1, 0.15) is 6.07 Å². The lowest BCUT2D eigenvalue weighted by atomic mass is 10.2.